The Kier molecular flexibility index (Phi) is 2.79. The van der Waals surface area contributed by atoms with Gasteiger partial charge in [-0.2, -0.15) is 0 Å². The maximum Gasteiger partial charge on any atom is 0.153 e. The van der Waals surface area contributed by atoms with Crippen LogP contribution in [0.25, 0.3) is 0 Å². The fourth-order valence-corrected chi connectivity index (χ4v) is 5.45. The minimum absolute atomic E-state index is 0.0230. The van der Waals surface area contributed by atoms with E-state index in [9.17, 15) is 0 Å². The molecule has 1 aromatic heterocycles. The molecule has 0 aliphatic heterocycles. The van der Waals surface area contributed by atoms with Crippen LogP contribution in [-0.2, 0) is 5.41 Å². The molecule has 1 unspecified atom stereocenters. The van der Waals surface area contributed by atoms with Crippen LogP contribution in [0.5, 0.6) is 0 Å². The van der Waals surface area contributed by atoms with Crippen LogP contribution in [0.2, 0.25) is 0 Å². The lowest BCUT2D eigenvalue weighted by Crippen LogP contribution is -2.48. The first kappa shape index (κ1) is 12.9. The Hall–Kier alpha value is -0.830. The molecule has 1 atom stereocenters. The van der Waals surface area contributed by atoms with Crippen LogP contribution in [0.4, 0.5) is 0 Å². The third kappa shape index (κ3) is 1.86. The van der Waals surface area contributed by atoms with Gasteiger partial charge in [-0.1, -0.05) is 19.0 Å². The summed E-state index contributed by atoms with van der Waals surface area (Å²) in [5, 5.41) is 4.45. The molecule has 110 valence electrons. The second-order valence-corrected chi connectivity index (χ2v) is 8.08. The molecule has 4 aliphatic carbocycles. The highest BCUT2D eigenvalue weighted by Gasteiger charge is 2.53. The van der Waals surface area contributed by atoms with Crippen molar-refractivity contribution in [3.8, 4) is 0 Å². The van der Waals surface area contributed by atoms with E-state index in [1.807, 2.05) is 0 Å². The number of rotatable bonds is 3. The molecule has 4 saturated carbocycles. The van der Waals surface area contributed by atoms with Gasteiger partial charge in [0.05, 0.1) is 11.7 Å². The molecule has 1 heterocycles. The van der Waals surface area contributed by atoms with Gasteiger partial charge in [0.1, 0.15) is 0 Å². The van der Waals surface area contributed by atoms with E-state index in [4.69, 9.17) is 10.3 Å². The Morgan fingerprint density at radius 3 is 2.20 bits per heavy atom. The second-order valence-electron chi connectivity index (χ2n) is 8.08. The topological polar surface area (TPSA) is 52.0 Å². The first-order chi connectivity index (χ1) is 9.56. The van der Waals surface area contributed by atoms with Gasteiger partial charge >= 0.3 is 0 Å². The lowest BCUT2D eigenvalue weighted by atomic mass is 9.49. The zero-order chi connectivity index (χ0) is 13.9. The number of nitrogens with two attached hydrogens (primary N) is 1. The van der Waals surface area contributed by atoms with Crippen molar-refractivity contribution < 1.29 is 4.52 Å². The smallest absolute Gasteiger partial charge is 0.153 e. The van der Waals surface area contributed by atoms with Gasteiger partial charge in [-0.05, 0) is 62.2 Å². The third-order valence-electron chi connectivity index (χ3n) is 6.16. The molecule has 3 nitrogen and oxygen atoms in total. The van der Waals surface area contributed by atoms with Gasteiger partial charge in [0.2, 0.25) is 0 Å². The summed E-state index contributed by atoms with van der Waals surface area (Å²) in [5.74, 6) is 4.11. The number of hydrogen-bond donors (Lipinski definition) is 1. The van der Waals surface area contributed by atoms with E-state index < -0.39 is 0 Å². The largest absolute Gasteiger partial charge is 0.359 e. The Balaban J connectivity index is 1.64. The van der Waals surface area contributed by atoms with Crippen LogP contribution in [0.3, 0.4) is 0 Å². The second kappa shape index (κ2) is 4.33. The molecular weight excluding hydrogens is 248 g/mol. The van der Waals surface area contributed by atoms with Gasteiger partial charge in [0, 0.05) is 11.5 Å². The molecule has 4 bridgehead atoms. The summed E-state index contributed by atoms with van der Waals surface area (Å²) in [5.41, 5.74) is 7.75. The average Bonchev–Trinajstić information content (AvgIpc) is 2.86. The van der Waals surface area contributed by atoms with Crippen LogP contribution in [0.15, 0.2) is 10.6 Å². The Bertz CT molecular complexity index is 470. The Morgan fingerprint density at radius 2 is 1.70 bits per heavy atom. The lowest BCUT2D eigenvalue weighted by molar-refractivity contribution is -0.00848. The van der Waals surface area contributed by atoms with Gasteiger partial charge in [0.15, 0.2) is 5.76 Å². The molecule has 2 N–H and O–H groups in total. The average molecular weight is 274 g/mol. The van der Waals surface area contributed by atoms with Gasteiger partial charge < -0.3 is 10.3 Å². The highest BCUT2D eigenvalue weighted by atomic mass is 16.5. The molecular formula is C17H26N2O. The summed E-state index contributed by atoms with van der Waals surface area (Å²) in [4.78, 5) is 0. The fourth-order valence-electron chi connectivity index (χ4n) is 5.45. The molecule has 0 aromatic carbocycles. The first-order valence-electron chi connectivity index (χ1n) is 8.28. The maximum atomic E-state index is 6.21. The van der Waals surface area contributed by atoms with Gasteiger partial charge in [-0.25, -0.2) is 0 Å². The van der Waals surface area contributed by atoms with E-state index >= 15 is 0 Å². The monoisotopic (exact) mass is 274 g/mol. The van der Waals surface area contributed by atoms with Crippen LogP contribution in [0.1, 0.15) is 69.9 Å². The standard InChI is InChI=1S/C17H26N2O/c1-10(2)16(18)14-6-15(19-20-14)17-7-11-3-12(8-17)5-13(4-11)9-17/h6,10-13,16H,3-5,7-9,18H2,1-2H3. The zero-order valence-corrected chi connectivity index (χ0v) is 12.6. The summed E-state index contributed by atoms with van der Waals surface area (Å²) < 4.78 is 5.60. The summed E-state index contributed by atoms with van der Waals surface area (Å²) in [7, 11) is 0. The van der Waals surface area contributed by atoms with Crippen molar-refractivity contribution >= 4 is 0 Å². The fraction of sp³-hybridized carbons (Fsp3) is 0.824. The van der Waals surface area contributed by atoms with Crippen LogP contribution in [0, 0.1) is 23.7 Å². The summed E-state index contributed by atoms with van der Waals surface area (Å²) in [6.45, 7) is 4.27. The van der Waals surface area contributed by atoms with E-state index in [0.717, 1.165) is 23.5 Å². The predicted octanol–water partition coefficient (Wildman–Crippen LogP) is 3.80. The Morgan fingerprint density at radius 1 is 1.15 bits per heavy atom. The van der Waals surface area contributed by atoms with Gasteiger partial charge in [0.25, 0.3) is 0 Å². The lowest BCUT2D eigenvalue weighted by Gasteiger charge is -2.56. The molecule has 4 fully saturated rings. The van der Waals surface area contributed by atoms with Gasteiger partial charge in [-0.3, -0.25) is 0 Å². The summed E-state index contributed by atoms with van der Waals surface area (Å²) in [6, 6.07) is 2.16. The van der Waals surface area contributed by atoms with Crippen LogP contribution in [-0.4, -0.2) is 5.16 Å². The molecule has 20 heavy (non-hydrogen) atoms. The molecule has 0 spiro atoms. The van der Waals surface area contributed by atoms with E-state index in [0.29, 0.717) is 11.3 Å². The molecule has 4 aliphatic rings. The molecule has 5 rings (SSSR count). The van der Waals surface area contributed by atoms with E-state index in [2.05, 4.69) is 25.1 Å². The predicted molar refractivity (Wildman–Crippen MR) is 78.1 cm³/mol. The first-order valence-corrected chi connectivity index (χ1v) is 8.28. The minimum atomic E-state index is -0.0230. The quantitative estimate of drug-likeness (QED) is 0.912. The third-order valence-corrected chi connectivity index (χ3v) is 6.16. The number of nitrogens with zero attached hydrogens (tertiary/aromatic N) is 1. The van der Waals surface area contributed by atoms with Crippen molar-refractivity contribution in [3.05, 3.63) is 17.5 Å². The van der Waals surface area contributed by atoms with Crippen molar-refractivity contribution in [1.82, 2.24) is 5.16 Å². The molecule has 0 radical (unpaired) electrons. The van der Waals surface area contributed by atoms with E-state index in [1.54, 1.807) is 0 Å². The minimum Gasteiger partial charge on any atom is -0.359 e. The van der Waals surface area contributed by atoms with Crippen molar-refractivity contribution in [3.63, 3.8) is 0 Å². The zero-order valence-electron chi connectivity index (χ0n) is 12.6. The highest BCUT2D eigenvalue weighted by molar-refractivity contribution is 5.24. The Labute approximate surface area is 121 Å². The van der Waals surface area contributed by atoms with Crippen molar-refractivity contribution in [1.29, 1.82) is 0 Å². The van der Waals surface area contributed by atoms with Crippen molar-refractivity contribution in [2.24, 2.45) is 29.4 Å². The summed E-state index contributed by atoms with van der Waals surface area (Å²) in [6.07, 6.45) is 8.41. The summed E-state index contributed by atoms with van der Waals surface area (Å²) >= 11 is 0. The molecule has 0 amide bonds. The molecule has 1 aromatic rings. The number of aromatic nitrogens is 1. The van der Waals surface area contributed by atoms with Crippen LogP contribution < -0.4 is 5.73 Å². The van der Waals surface area contributed by atoms with Crippen molar-refractivity contribution in [2.45, 2.75) is 63.8 Å². The maximum absolute atomic E-state index is 6.21. The SMILES string of the molecule is CC(C)C(N)c1cc(C23CC4CC(CC(C4)C2)C3)no1. The van der Waals surface area contributed by atoms with E-state index in [1.165, 1.54) is 44.2 Å². The van der Waals surface area contributed by atoms with E-state index in [-0.39, 0.29) is 6.04 Å². The highest BCUT2D eigenvalue weighted by Crippen LogP contribution is 2.60. The van der Waals surface area contributed by atoms with Gasteiger partial charge in [-0.15, -0.1) is 0 Å². The number of hydrogen-bond acceptors (Lipinski definition) is 3. The molecule has 0 saturated heterocycles. The normalized spacial score (nSPS) is 40.5. The van der Waals surface area contributed by atoms with Crippen molar-refractivity contribution in [2.75, 3.05) is 0 Å². The van der Waals surface area contributed by atoms with Crippen LogP contribution >= 0.6 is 0 Å². The molecule has 3 heteroatoms.